The van der Waals surface area contributed by atoms with E-state index in [1.54, 1.807) is 17.6 Å². The Kier molecular flexibility index (Phi) is 3.96. The van der Waals surface area contributed by atoms with Crippen LogP contribution in [0.5, 0.6) is 5.75 Å². The van der Waals surface area contributed by atoms with E-state index in [4.69, 9.17) is 14.5 Å². The predicted octanol–water partition coefficient (Wildman–Crippen LogP) is 2.30. The van der Waals surface area contributed by atoms with Crippen molar-refractivity contribution in [1.29, 1.82) is 0 Å². The van der Waals surface area contributed by atoms with E-state index < -0.39 is 11.6 Å². The van der Waals surface area contributed by atoms with Gasteiger partial charge in [0.1, 0.15) is 19.0 Å². The first kappa shape index (κ1) is 19.3. The Morgan fingerprint density at radius 3 is 2.81 bits per heavy atom. The molecule has 3 aliphatic heterocycles. The normalized spacial score (nSPS) is 20.8. The van der Waals surface area contributed by atoms with Gasteiger partial charge in [-0.05, 0) is 37.6 Å². The molecule has 3 aliphatic rings. The molecule has 32 heavy (non-hydrogen) atoms. The molecule has 1 aromatic carbocycles. The maximum atomic E-state index is 13.3. The standard InChI is InChI=1S/C24H23N3O5/c1-3-24(30)16-10-18-20-13(11-27(18)22(28)15(16)12-32-23(24)29)9-14-17(25-20)5-6-19-21(14)26(4-2)7-8-31-19/h5-6,9-10,30H,3-4,7-8,11-12H2,1-2H3/t24-/m0/s1. The number of benzene rings is 1. The monoisotopic (exact) mass is 433 g/mol. The third kappa shape index (κ3) is 2.38. The molecule has 8 heteroatoms. The first-order valence-electron chi connectivity index (χ1n) is 11.0. The number of esters is 1. The van der Waals surface area contributed by atoms with Gasteiger partial charge in [-0.25, -0.2) is 9.78 Å². The zero-order valence-electron chi connectivity index (χ0n) is 18.0. The molecule has 3 aromatic rings. The first-order valence-corrected chi connectivity index (χ1v) is 11.0. The van der Waals surface area contributed by atoms with Crippen LogP contribution in [-0.2, 0) is 28.3 Å². The average Bonchev–Trinajstić information content (AvgIpc) is 3.17. The number of aliphatic hydroxyl groups is 1. The minimum atomic E-state index is -1.82. The molecule has 6 rings (SSSR count). The summed E-state index contributed by atoms with van der Waals surface area (Å²) in [6, 6.07) is 7.71. The first-order chi connectivity index (χ1) is 15.5. The molecule has 0 radical (unpaired) electrons. The highest BCUT2D eigenvalue weighted by molar-refractivity contribution is 5.98. The molecule has 0 aliphatic carbocycles. The summed E-state index contributed by atoms with van der Waals surface area (Å²) in [7, 11) is 0. The number of cyclic esters (lactones) is 1. The third-order valence-electron chi connectivity index (χ3n) is 6.94. The zero-order valence-corrected chi connectivity index (χ0v) is 18.0. The van der Waals surface area contributed by atoms with E-state index >= 15 is 0 Å². The van der Waals surface area contributed by atoms with Crippen LogP contribution < -0.4 is 15.2 Å². The van der Waals surface area contributed by atoms with Crippen molar-refractivity contribution in [3.8, 4) is 17.1 Å². The van der Waals surface area contributed by atoms with Crippen molar-refractivity contribution < 1.29 is 19.4 Å². The average molecular weight is 433 g/mol. The number of carbonyl (C=O) groups excluding carboxylic acids is 1. The van der Waals surface area contributed by atoms with Crippen LogP contribution in [0.2, 0.25) is 0 Å². The Bertz CT molecular complexity index is 1380. The molecule has 0 spiro atoms. The van der Waals surface area contributed by atoms with Crippen molar-refractivity contribution in [2.24, 2.45) is 0 Å². The fourth-order valence-corrected chi connectivity index (χ4v) is 5.15. The van der Waals surface area contributed by atoms with Crippen molar-refractivity contribution >= 4 is 22.6 Å². The third-order valence-corrected chi connectivity index (χ3v) is 6.94. The highest BCUT2D eigenvalue weighted by Gasteiger charge is 2.45. The molecular weight excluding hydrogens is 410 g/mol. The Balaban J connectivity index is 1.59. The van der Waals surface area contributed by atoms with Gasteiger partial charge >= 0.3 is 5.97 Å². The summed E-state index contributed by atoms with van der Waals surface area (Å²) in [6.45, 7) is 6.40. The summed E-state index contributed by atoms with van der Waals surface area (Å²) >= 11 is 0. The lowest BCUT2D eigenvalue weighted by molar-refractivity contribution is -0.172. The van der Waals surface area contributed by atoms with Crippen LogP contribution in [-0.4, -0.2) is 40.3 Å². The lowest BCUT2D eigenvalue weighted by Crippen LogP contribution is -2.44. The van der Waals surface area contributed by atoms with Crippen LogP contribution in [0, 0.1) is 0 Å². The van der Waals surface area contributed by atoms with E-state index in [1.165, 1.54) is 0 Å². The van der Waals surface area contributed by atoms with Crippen molar-refractivity contribution in [1.82, 2.24) is 9.55 Å². The highest BCUT2D eigenvalue weighted by Crippen LogP contribution is 2.42. The van der Waals surface area contributed by atoms with Crippen LogP contribution >= 0.6 is 0 Å². The summed E-state index contributed by atoms with van der Waals surface area (Å²) in [5.74, 6) is 0.131. The van der Waals surface area contributed by atoms with Gasteiger partial charge in [-0.2, -0.15) is 0 Å². The number of carbonyl (C=O) groups is 1. The number of pyridine rings is 2. The second kappa shape index (κ2) is 6.56. The number of nitrogens with zero attached hydrogens (tertiary/aromatic N) is 3. The fraction of sp³-hybridized carbons (Fsp3) is 0.375. The minimum Gasteiger partial charge on any atom is -0.490 e. The van der Waals surface area contributed by atoms with Crippen LogP contribution in [0.4, 0.5) is 5.69 Å². The number of hydrogen-bond acceptors (Lipinski definition) is 7. The SMILES string of the molecule is CCN1CCOc2ccc3nc4c(cc3c21)Cn1c-4cc2c(c1=O)COC(=O)[C@]2(O)CC. The number of rotatable bonds is 2. The molecule has 164 valence electrons. The van der Waals surface area contributed by atoms with E-state index in [9.17, 15) is 14.7 Å². The molecule has 1 N–H and O–H groups in total. The van der Waals surface area contributed by atoms with Gasteiger partial charge in [-0.15, -0.1) is 0 Å². The lowest BCUT2D eigenvalue weighted by atomic mass is 9.86. The molecule has 0 saturated carbocycles. The number of anilines is 1. The summed E-state index contributed by atoms with van der Waals surface area (Å²) in [4.78, 5) is 32.8. The van der Waals surface area contributed by atoms with Crippen molar-refractivity contribution in [3.05, 3.63) is 51.3 Å². The van der Waals surface area contributed by atoms with Gasteiger partial charge in [0, 0.05) is 23.1 Å². The summed E-state index contributed by atoms with van der Waals surface area (Å²) in [5.41, 5.74) is 2.70. The molecule has 5 heterocycles. The van der Waals surface area contributed by atoms with Gasteiger partial charge in [0.15, 0.2) is 5.60 Å². The molecule has 0 unspecified atom stereocenters. The van der Waals surface area contributed by atoms with Crippen molar-refractivity contribution in [2.45, 2.75) is 39.0 Å². The lowest BCUT2D eigenvalue weighted by Gasteiger charge is -2.31. The van der Waals surface area contributed by atoms with Gasteiger partial charge in [0.05, 0.1) is 41.2 Å². The largest absolute Gasteiger partial charge is 0.490 e. The van der Waals surface area contributed by atoms with E-state index in [2.05, 4.69) is 17.9 Å². The Morgan fingerprint density at radius 2 is 2.03 bits per heavy atom. The highest BCUT2D eigenvalue weighted by atomic mass is 16.6. The van der Waals surface area contributed by atoms with Crippen molar-refractivity contribution in [3.63, 3.8) is 0 Å². The van der Waals surface area contributed by atoms with E-state index in [-0.39, 0.29) is 18.6 Å². The van der Waals surface area contributed by atoms with E-state index in [0.29, 0.717) is 35.7 Å². The number of fused-ring (bicyclic) bond motifs is 7. The zero-order chi connectivity index (χ0) is 22.2. The van der Waals surface area contributed by atoms with Crippen LogP contribution in [0.3, 0.4) is 0 Å². The minimum absolute atomic E-state index is 0.124. The number of aromatic nitrogens is 2. The van der Waals surface area contributed by atoms with Crippen LogP contribution in [0.15, 0.2) is 29.1 Å². The van der Waals surface area contributed by atoms with Gasteiger partial charge < -0.3 is 24.0 Å². The number of hydrogen-bond donors (Lipinski definition) is 1. The number of ether oxygens (including phenoxy) is 2. The molecule has 0 saturated heterocycles. The molecule has 1 atom stereocenters. The van der Waals surface area contributed by atoms with Gasteiger partial charge in [0.25, 0.3) is 5.56 Å². The maximum Gasteiger partial charge on any atom is 0.343 e. The molecule has 0 bridgehead atoms. The predicted molar refractivity (Wildman–Crippen MR) is 118 cm³/mol. The molecule has 8 nitrogen and oxygen atoms in total. The fourth-order valence-electron chi connectivity index (χ4n) is 5.15. The van der Waals surface area contributed by atoms with Gasteiger partial charge in [-0.3, -0.25) is 4.79 Å². The van der Waals surface area contributed by atoms with Crippen LogP contribution in [0.1, 0.15) is 37.0 Å². The second-order valence-corrected chi connectivity index (χ2v) is 8.51. The molecule has 0 amide bonds. The van der Waals surface area contributed by atoms with Gasteiger partial charge in [-0.1, -0.05) is 6.92 Å². The van der Waals surface area contributed by atoms with E-state index in [0.717, 1.165) is 41.0 Å². The molecule has 2 aromatic heterocycles. The quantitative estimate of drug-likeness (QED) is 0.485. The Labute approximate surface area is 184 Å². The van der Waals surface area contributed by atoms with E-state index in [1.807, 2.05) is 12.1 Å². The van der Waals surface area contributed by atoms with Gasteiger partial charge in [0.2, 0.25) is 0 Å². The number of likely N-dealkylation sites (N-methyl/N-ethyl adjacent to an activating group) is 1. The smallest absolute Gasteiger partial charge is 0.343 e. The summed E-state index contributed by atoms with van der Waals surface area (Å²) in [6.07, 6.45) is 0.124. The maximum absolute atomic E-state index is 13.3. The summed E-state index contributed by atoms with van der Waals surface area (Å²) < 4.78 is 12.7. The topological polar surface area (TPSA) is 93.9 Å². The molecule has 0 fully saturated rings. The Hall–Kier alpha value is -3.39. The second-order valence-electron chi connectivity index (χ2n) is 8.51. The van der Waals surface area contributed by atoms with Crippen molar-refractivity contribution in [2.75, 3.05) is 24.6 Å². The summed E-state index contributed by atoms with van der Waals surface area (Å²) in [5, 5.41) is 12.0. The Morgan fingerprint density at radius 1 is 1.19 bits per heavy atom. The molecular formula is C24H23N3O5. The van der Waals surface area contributed by atoms with Crippen LogP contribution in [0.25, 0.3) is 22.3 Å².